The third-order valence-corrected chi connectivity index (χ3v) is 4.22. The highest BCUT2D eigenvalue weighted by Crippen LogP contribution is 2.18. The van der Waals surface area contributed by atoms with Crippen LogP contribution < -0.4 is 5.32 Å². The van der Waals surface area contributed by atoms with E-state index in [1.54, 1.807) is 31.4 Å². The highest BCUT2D eigenvalue weighted by atomic mass is 19.1. The van der Waals surface area contributed by atoms with Crippen molar-refractivity contribution in [3.05, 3.63) is 52.9 Å². The number of esters is 2. The van der Waals surface area contributed by atoms with Crippen molar-refractivity contribution in [3.8, 4) is 0 Å². The third-order valence-electron chi connectivity index (χ3n) is 4.22. The maximum absolute atomic E-state index is 13.6. The van der Waals surface area contributed by atoms with Crippen LogP contribution in [0.1, 0.15) is 35.6 Å². The second-order valence-electron chi connectivity index (χ2n) is 6.34. The van der Waals surface area contributed by atoms with Crippen LogP contribution in [0.3, 0.4) is 0 Å². The van der Waals surface area contributed by atoms with Crippen molar-refractivity contribution < 1.29 is 32.6 Å². The SMILES string of the molecule is CCOC(=O)c1cc(C)n(CC(=O)O[C@@H](C)C(=O)Nc2cc(F)ccc2F)c1C. The summed E-state index contributed by atoms with van der Waals surface area (Å²) in [5, 5.41) is 2.18. The van der Waals surface area contributed by atoms with Gasteiger partial charge in [-0.25, -0.2) is 13.6 Å². The van der Waals surface area contributed by atoms with Gasteiger partial charge in [0.2, 0.25) is 0 Å². The summed E-state index contributed by atoms with van der Waals surface area (Å²) in [6.07, 6.45) is -1.24. The molecular weight excluding hydrogens is 386 g/mol. The Bertz CT molecular complexity index is 939. The molecule has 1 N–H and O–H groups in total. The first-order valence-electron chi connectivity index (χ1n) is 8.93. The average molecular weight is 408 g/mol. The van der Waals surface area contributed by atoms with Gasteiger partial charge in [0.05, 0.1) is 17.9 Å². The lowest BCUT2D eigenvalue weighted by atomic mass is 10.2. The predicted octanol–water partition coefficient (Wildman–Crippen LogP) is 3.13. The van der Waals surface area contributed by atoms with Crippen molar-refractivity contribution in [2.24, 2.45) is 0 Å². The highest BCUT2D eigenvalue weighted by molar-refractivity contribution is 5.95. The number of aromatic nitrogens is 1. The van der Waals surface area contributed by atoms with E-state index in [9.17, 15) is 23.2 Å². The Labute approximate surface area is 166 Å². The average Bonchev–Trinajstić information content (AvgIpc) is 2.93. The molecule has 156 valence electrons. The fourth-order valence-electron chi connectivity index (χ4n) is 2.70. The van der Waals surface area contributed by atoms with Gasteiger partial charge in [-0.15, -0.1) is 0 Å². The fraction of sp³-hybridized carbons (Fsp3) is 0.350. The number of anilines is 1. The van der Waals surface area contributed by atoms with Crippen molar-refractivity contribution in [2.45, 2.75) is 40.3 Å². The molecule has 0 radical (unpaired) electrons. The summed E-state index contributed by atoms with van der Waals surface area (Å²) in [6.45, 7) is 6.37. The molecule has 2 aromatic rings. The second-order valence-corrected chi connectivity index (χ2v) is 6.34. The Morgan fingerprint density at radius 3 is 2.52 bits per heavy atom. The van der Waals surface area contributed by atoms with Crippen molar-refractivity contribution >= 4 is 23.5 Å². The molecule has 0 aliphatic carbocycles. The molecule has 0 saturated heterocycles. The van der Waals surface area contributed by atoms with Gasteiger partial charge in [-0.2, -0.15) is 0 Å². The minimum absolute atomic E-state index is 0.225. The maximum Gasteiger partial charge on any atom is 0.339 e. The van der Waals surface area contributed by atoms with E-state index in [0.717, 1.165) is 18.2 Å². The standard InChI is InChI=1S/C20H22F2N2O5/c1-5-28-20(27)15-8-11(2)24(12(15)3)10-18(25)29-13(4)19(26)23-17-9-14(21)6-7-16(17)22/h6-9,13H,5,10H2,1-4H3,(H,23,26)/t13-/m0/s1. The smallest absolute Gasteiger partial charge is 0.339 e. The number of rotatable bonds is 7. The summed E-state index contributed by atoms with van der Waals surface area (Å²) >= 11 is 0. The lowest BCUT2D eigenvalue weighted by Gasteiger charge is -2.15. The van der Waals surface area contributed by atoms with Crippen molar-refractivity contribution in [3.63, 3.8) is 0 Å². The molecule has 9 heteroatoms. The summed E-state index contributed by atoms with van der Waals surface area (Å²) in [7, 11) is 0. The number of hydrogen-bond donors (Lipinski definition) is 1. The predicted molar refractivity (Wildman–Crippen MR) is 100 cm³/mol. The second kappa shape index (κ2) is 9.31. The zero-order valence-corrected chi connectivity index (χ0v) is 16.5. The molecule has 1 atom stereocenters. The number of halogens is 2. The monoisotopic (exact) mass is 408 g/mol. The van der Waals surface area contributed by atoms with E-state index in [-0.39, 0.29) is 18.8 Å². The van der Waals surface area contributed by atoms with Crippen LogP contribution in [0.25, 0.3) is 0 Å². The van der Waals surface area contributed by atoms with Gasteiger partial charge in [0.25, 0.3) is 5.91 Å². The van der Waals surface area contributed by atoms with Crippen LogP contribution in [0.5, 0.6) is 0 Å². The van der Waals surface area contributed by atoms with Gasteiger partial charge in [-0.3, -0.25) is 9.59 Å². The number of aryl methyl sites for hydroxylation is 1. The summed E-state index contributed by atoms with van der Waals surface area (Å²) < 4.78 is 38.4. The van der Waals surface area contributed by atoms with E-state index < -0.39 is 35.6 Å². The molecule has 1 aromatic heterocycles. The van der Waals surface area contributed by atoms with E-state index in [1.807, 2.05) is 0 Å². The lowest BCUT2D eigenvalue weighted by molar-refractivity contribution is -0.153. The summed E-state index contributed by atoms with van der Waals surface area (Å²) in [5.41, 5.74) is 1.15. The van der Waals surface area contributed by atoms with Crippen LogP contribution in [-0.4, -0.2) is 35.1 Å². The molecule has 0 saturated carbocycles. The van der Waals surface area contributed by atoms with E-state index in [0.29, 0.717) is 17.0 Å². The van der Waals surface area contributed by atoms with Gasteiger partial charge in [-0.1, -0.05) is 0 Å². The third kappa shape index (κ3) is 5.40. The molecule has 7 nitrogen and oxygen atoms in total. The van der Waals surface area contributed by atoms with E-state index in [1.165, 1.54) is 6.92 Å². The highest BCUT2D eigenvalue weighted by Gasteiger charge is 2.22. The van der Waals surface area contributed by atoms with E-state index >= 15 is 0 Å². The molecule has 29 heavy (non-hydrogen) atoms. The van der Waals surface area contributed by atoms with Crippen LogP contribution in [-0.2, 0) is 25.6 Å². The summed E-state index contributed by atoms with van der Waals surface area (Å²) in [6, 6.07) is 4.22. The minimum atomic E-state index is -1.24. The number of carbonyl (C=O) groups is 3. The molecule has 0 aliphatic heterocycles. The Morgan fingerprint density at radius 2 is 1.86 bits per heavy atom. The Hall–Kier alpha value is -3.23. The first kappa shape index (κ1) is 22.1. The topological polar surface area (TPSA) is 86.6 Å². The first-order valence-corrected chi connectivity index (χ1v) is 8.93. The number of ether oxygens (including phenoxy) is 2. The van der Waals surface area contributed by atoms with E-state index in [2.05, 4.69) is 5.32 Å². The minimum Gasteiger partial charge on any atom is -0.462 e. The summed E-state index contributed by atoms with van der Waals surface area (Å²) in [5.74, 6) is -3.57. The molecule has 0 bridgehead atoms. The number of hydrogen-bond acceptors (Lipinski definition) is 5. The van der Waals surface area contributed by atoms with Crippen LogP contribution in [0.15, 0.2) is 24.3 Å². The molecule has 0 spiro atoms. The van der Waals surface area contributed by atoms with E-state index in [4.69, 9.17) is 9.47 Å². The normalized spacial score (nSPS) is 11.7. The number of amides is 1. The van der Waals surface area contributed by atoms with Gasteiger partial charge in [-0.05, 0) is 45.9 Å². The zero-order valence-electron chi connectivity index (χ0n) is 16.5. The van der Waals surface area contributed by atoms with Gasteiger partial charge in [0.1, 0.15) is 18.2 Å². The van der Waals surface area contributed by atoms with Crippen LogP contribution >= 0.6 is 0 Å². The Kier molecular flexibility index (Phi) is 7.08. The molecular formula is C20H22F2N2O5. The number of nitrogens with zero attached hydrogens (tertiary/aromatic N) is 1. The zero-order chi connectivity index (χ0) is 21.7. The largest absolute Gasteiger partial charge is 0.462 e. The fourth-order valence-corrected chi connectivity index (χ4v) is 2.70. The number of carbonyl (C=O) groups excluding carboxylic acids is 3. The Morgan fingerprint density at radius 1 is 1.17 bits per heavy atom. The molecule has 2 rings (SSSR count). The Balaban J connectivity index is 2.02. The van der Waals surface area contributed by atoms with Crippen molar-refractivity contribution in [1.29, 1.82) is 0 Å². The lowest BCUT2D eigenvalue weighted by Crippen LogP contribution is -2.31. The molecule has 1 aromatic carbocycles. The molecule has 0 fully saturated rings. The molecule has 0 aliphatic rings. The van der Waals surface area contributed by atoms with Crippen LogP contribution in [0, 0.1) is 25.5 Å². The molecule has 1 amide bonds. The van der Waals surface area contributed by atoms with Crippen LogP contribution in [0.2, 0.25) is 0 Å². The van der Waals surface area contributed by atoms with Gasteiger partial charge in [0, 0.05) is 17.5 Å². The van der Waals surface area contributed by atoms with Gasteiger partial charge < -0.3 is 19.4 Å². The number of benzene rings is 1. The summed E-state index contributed by atoms with van der Waals surface area (Å²) in [4.78, 5) is 36.3. The van der Waals surface area contributed by atoms with Gasteiger partial charge in [0.15, 0.2) is 6.10 Å². The van der Waals surface area contributed by atoms with Crippen LogP contribution in [0.4, 0.5) is 14.5 Å². The molecule has 1 heterocycles. The maximum atomic E-state index is 13.6. The van der Waals surface area contributed by atoms with Crippen molar-refractivity contribution in [2.75, 3.05) is 11.9 Å². The molecule has 0 unspecified atom stereocenters. The number of nitrogens with one attached hydrogen (secondary N) is 1. The van der Waals surface area contributed by atoms with Crippen molar-refractivity contribution in [1.82, 2.24) is 4.57 Å². The van der Waals surface area contributed by atoms with Gasteiger partial charge >= 0.3 is 11.9 Å². The first-order chi connectivity index (χ1) is 13.6. The quantitative estimate of drug-likeness (QED) is 0.712.